The van der Waals surface area contributed by atoms with Crippen molar-refractivity contribution in [2.24, 2.45) is 5.92 Å². The minimum Gasteiger partial charge on any atom is -0.479 e. The van der Waals surface area contributed by atoms with E-state index in [1.54, 1.807) is 10.9 Å². The first-order valence-electron chi connectivity index (χ1n) is 11.7. The van der Waals surface area contributed by atoms with Crippen LogP contribution in [0.4, 0.5) is 4.39 Å². The fourth-order valence-corrected chi connectivity index (χ4v) is 4.91. The van der Waals surface area contributed by atoms with Gasteiger partial charge in [-0.05, 0) is 39.2 Å². The lowest BCUT2D eigenvalue weighted by molar-refractivity contribution is 0.145. The zero-order valence-corrected chi connectivity index (χ0v) is 19.5. The summed E-state index contributed by atoms with van der Waals surface area (Å²) in [7, 11) is 1.41. The third-order valence-corrected chi connectivity index (χ3v) is 6.70. The van der Waals surface area contributed by atoms with Crippen LogP contribution in [-0.4, -0.2) is 68.9 Å². The van der Waals surface area contributed by atoms with Crippen molar-refractivity contribution in [1.82, 2.24) is 29.4 Å². The molecule has 8 nitrogen and oxygen atoms in total. The molecule has 0 N–H and O–H groups in total. The molecule has 0 radical (unpaired) electrons. The van der Waals surface area contributed by atoms with Crippen LogP contribution in [0.3, 0.4) is 0 Å². The summed E-state index contributed by atoms with van der Waals surface area (Å²) in [6, 6.07) is 2.00. The van der Waals surface area contributed by atoms with E-state index >= 15 is 0 Å². The van der Waals surface area contributed by atoms with Crippen molar-refractivity contribution in [1.29, 1.82) is 0 Å². The van der Waals surface area contributed by atoms with Crippen LogP contribution in [0.25, 0.3) is 16.9 Å². The normalized spacial score (nSPS) is 19.1. The molecule has 2 aliphatic rings. The first kappa shape index (κ1) is 22.0. The molecular weight excluding hydrogens is 423 g/mol. The number of halogens is 1. The number of hydrogen-bond donors (Lipinski definition) is 0. The number of hydrogen-bond acceptors (Lipinski definition) is 6. The number of fused-ring (bicyclic) bond motifs is 1. The summed E-state index contributed by atoms with van der Waals surface area (Å²) >= 11 is 0. The van der Waals surface area contributed by atoms with Gasteiger partial charge in [0.2, 0.25) is 5.88 Å². The van der Waals surface area contributed by atoms with Crippen molar-refractivity contribution in [2.45, 2.75) is 45.7 Å². The molecule has 2 aliphatic heterocycles. The third-order valence-electron chi connectivity index (χ3n) is 6.70. The molecule has 0 aliphatic carbocycles. The molecule has 3 aromatic rings. The van der Waals surface area contributed by atoms with Gasteiger partial charge in [0.1, 0.15) is 0 Å². The molecule has 0 bridgehead atoms. The molecule has 1 fully saturated rings. The van der Waals surface area contributed by atoms with Crippen molar-refractivity contribution in [3.05, 3.63) is 41.7 Å². The van der Waals surface area contributed by atoms with Gasteiger partial charge >= 0.3 is 0 Å². The number of ether oxygens (including phenoxy) is 2. The van der Waals surface area contributed by atoms with E-state index < -0.39 is 5.82 Å². The highest BCUT2D eigenvalue weighted by Crippen LogP contribution is 2.31. The second-order valence-corrected chi connectivity index (χ2v) is 9.18. The standard InChI is InChI=1S/C24H31FN6O2/c1-16(2)29-7-4-17(13-29)14-30-15-18(11-27-30)23-20-5-8-33-9-6-22(20)31(28-23)19-10-21(25)24(32-3)26-12-19/h10-12,15-17H,4-9,13-14H2,1-3H3. The lowest BCUT2D eigenvalue weighted by Crippen LogP contribution is -2.28. The molecule has 1 atom stereocenters. The molecule has 176 valence electrons. The fraction of sp³-hybridized carbons (Fsp3) is 0.542. The van der Waals surface area contributed by atoms with E-state index in [9.17, 15) is 4.39 Å². The SMILES string of the molecule is COc1ncc(-n2nc(-c3cnn(CC4CCN(C(C)C)C4)c3)c3c2CCOCC3)cc1F. The number of rotatable bonds is 6. The van der Waals surface area contributed by atoms with E-state index in [4.69, 9.17) is 14.6 Å². The van der Waals surface area contributed by atoms with Crippen LogP contribution in [-0.2, 0) is 24.1 Å². The third kappa shape index (κ3) is 4.39. The van der Waals surface area contributed by atoms with E-state index in [2.05, 4.69) is 35.0 Å². The second-order valence-electron chi connectivity index (χ2n) is 9.18. The topological polar surface area (TPSA) is 70.2 Å². The van der Waals surface area contributed by atoms with Crippen molar-refractivity contribution < 1.29 is 13.9 Å². The number of methoxy groups -OCH3 is 1. The summed E-state index contributed by atoms with van der Waals surface area (Å²) in [5, 5.41) is 9.55. The van der Waals surface area contributed by atoms with Gasteiger partial charge in [-0.3, -0.25) is 4.68 Å². The molecule has 1 saturated heterocycles. The minimum atomic E-state index is -0.509. The summed E-state index contributed by atoms with van der Waals surface area (Å²) in [5.74, 6) is 0.0758. The van der Waals surface area contributed by atoms with Crippen LogP contribution in [0.15, 0.2) is 24.7 Å². The fourth-order valence-electron chi connectivity index (χ4n) is 4.91. The minimum absolute atomic E-state index is 0.0234. The Morgan fingerprint density at radius 1 is 1.24 bits per heavy atom. The molecule has 33 heavy (non-hydrogen) atoms. The number of pyridine rings is 1. The van der Waals surface area contributed by atoms with Gasteiger partial charge in [0.25, 0.3) is 0 Å². The number of aromatic nitrogens is 5. The van der Waals surface area contributed by atoms with Crippen molar-refractivity contribution in [3.8, 4) is 22.8 Å². The average molecular weight is 455 g/mol. The Morgan fingerprint density at radius 3 is 2.85 bits per heavy atom. The zero-order valence-electron chi connectivity index (χ0n) is 19.5. The summed E-state index contributed by atoms with van der Waals surface area (Å²) in [4.78, 5) is 6.62. The van der Waals surface area contributed by atoms with E-state index in [0.29, 0.717) is 37.3 Å². The Kier molecular flexibility index (Phi) is 6.16. The Hall–Kier alpha value is -2.78. The van der Waals surface area contributed by atoms with Gasteiger partial charge in [-0.2, -0.15) is 10.2 Å². The molecule has 5 rings (SSSR count). The van der Waals surface area contributed by atoms with E-state index in [1.807, 2.05) is 10.9 Å². The summed E-state index contributed by atoms with van der Waals surface area (Å²) in [6.07, 6.45) is 8.23. The Balaban J connectivity index is 1.45. The highest BCUT2D eigenvalue weighted by atomic mass is 19.1. The van der Waals surface area contributed by atoms with Gasteiger partial charge in [-0.1, -0.05) is 0 Å². The van der Waals surface area contributed by atoms with Crippen LogP contribution >= 0.6 is 0 Å². The molecule has 0 aromatic carbocycles. The van der Waals surface area contributed by atoms with Gasteiger partial charge in [0.15, 0.2) is 5.82 Å². The van der Waals surface area contributed by atoms with Crippen LogP contribution in [0.2, 0.25) is 0 Å². The Morgan fingerprint density at radius 2 is 2.09 bits per heavy atom. The first-order valence-corrected chi connectivity index (χ1v) is 11.7. The lowest BCUT2D eigenvalue weighted by atomic mass is 10.0. The highest BCUT2D eigenvalue weighted by Gasteiger charge is 2.26. The van der Waals surface area contributed by atoms with E-state index in [1.165, 1.54) is 19.6 Å². The van der Waals surface area contributed by atoms with Crippen LogP contribution in [0.1, 0.15) is 31.5 Å². The largest absolute Gasteiger partial charge is 0.479 e. The van der Waals surface area contributed by atoms with Crippen molar-refractivity contribution >= 4 is 0 Å². The Bertz CT molecular complexity index is 1120. The lowest BCUT2D eigenvalue weighted by Gasteiger charge is -2.20. The van der Waals surface area contributed by atoms with Crippen LogP contribution < -0.4 is 4.74 Å². The molecule has 9 heteroatoms. The van der Waals surface area contributed by atoms with E-state index in [-0.39, 0.29) is 5.88 Å². The van der Waals surface area contributed by atoms with Crippen molar-refractivity contribution in [3.63, 3.8) is 0 Å². The molecule has 0 amide bonds. The molecule has 0 saturated carbocycles. The highest BCUT2D eigenvalue weighted by molar-refractivity contribution is 5.64. The predicted molar refractivity (Wildman–Crippen MR) is 122 cm³/mol. The zero-order chi connectivity index (χ0) is 22.9. The second kappa shape index (κ2) is 9.23. The Labute approximate surface area is 193 Å². The van der Waals surface area contributed by atoms with Gasteiger partial charge in [0, 0.05) is 48.9 Å². The first-order chi connectivity index (χ1) is 16.0. The maximum Gasteiger partial charge on any atom is 0.250 e. The molecule has 5 heterocycles. The number of nitrogens with zero attached hydrogens (tertiary/aromatic N) is 6. The maximum absolute atomic E-state index is 14.4. The average Bonchev–Trinajstić information content (AvgIpc) is 3.50. The van der Waals surface area contributed by atoms with Gasteiger partial charge in [0.05, 0.1) is 49.8 Å². The maximum atomic E-state index is 14.4. The predicted octanol–water partition coefficient (Wildman–Crippen LogP) is 3.12. The van der Waals surface area contributed by atoms with Gasteiger partial charge in [-0.25, -0.2) is 14.1 Å². The molecular formula is C24H31FN6O2. The van der Waals surface area contributed by atoms with E-state index in [0.717, 1.165) is 48.6 Å². The van der Waals surface area contributed by atoms with Crippen LogP contribution in [0.5, 0.6) is 5.88 Å². The monoisotopic (exact) mass is 454 g/mol. The summed E-state index contributed by atoms with van der Waals surface area (Å²) in [5.41, 5.74) is 4.60. The quantitative estimate of drug-likeness (QED) is 0.570. The molecule has 0 spiro atoms. The van der Waals surface area contributed by atoms with Crippen LogP contribution in [0, 0.1) is 11.7 Å². The molecule has 3 aromatic heterocycles. The number of likely N-dealkylation sites (tertiary alicyclic amines) is 1. The van der Waals surface area contributed by atoms with Gasteiger partial charge < -0.3 is 14.4 Å². The summed E-state index contributed by atoms with van der Waals surface area (Å²) in [6.45, 7) is 8.93. The van der Waals surface area contributed by atoms with Crippen molar-refractivity contribution in [2.75, 3.05) is 33.4 Å². The smallest absolute Gasteiger partial charge is 0.250 e. The summed E-state index contributed by atoms with van der Waals surface area (Å²) < 4.78 is 28.9. The van der Waals surface area contributed by atoms with Gasteiger partial charge in [-0.15, -0.1) is 0 Å². The molecule has 1 unspecified atom stereocenters.